The van der Waals surface area contributed by atoms with E-state index in [1.807, 2.05) is 0 Å². The molecule has 0 spiro atoms. The summed E-state index contributed by atoms with van der Waals surface area (Å²) in [4.78, 5) is 17.4. The van der Waals surface area contributed by atoms with Crippen LogP contribution in [0.3, 0.4) is 0 Å². The van der Waals surface area contributed by atoms with Crippen molar-refractivity contribution >= 4 is 17.4 Å². The van der Waals surface area contributed by atoms with E-state index in [0.29, 0.717) is 43.2 Å². The molecule has 0 saturated carbocycles. The van der Waals surface area contributed by atoms with Crippen molar-refractivity contribution in [3.63, 3.8) is 0 Å². The summed E-state index contributed by atoms with van der Waals surface area (Å²) in [6.07, 6.45) is -7.83. The van der Waals surface area contributed by atoms with Crippen LogP contribution in [0.15, 0.2) is 28.3 Å². The van der Waals surface area contributed by atoms with E-state index < -0.39 is 39.4 Å². The molecule has 1 aliphatic carbocycles. The van der Waals surface area contributed by atoms with E-state index in [1.54, 1.807) is 0 Å². The topological polar surface area (TPSA) is 68.9 Å². The average molecular weight is 423 g/mol. The third-order valence-electron chi connectivity index (χ3n) is 4.12. The van der Waals surface area contributed by atoms with Crippen LogP contribution in [0.2, 0.25) is 0 Å². The molecule has 0 bridgehead atoms. The van der Waals surface area contributed by atoms with Gasteiger partial charge in [0.2, 0.25) is 0 Å². The normalized spacial score (nSPS) is 14.6. The van der Waals surface area contributed by atoms with Gasteiger partial charge in [-0.15, -0.1) is 0 Å². The predicted molar refractivity (Wildman–Crippen MR) is 85.9 cm³/mol. The Bertz CT molecular complexity index is 930. The highest BCUT2D eigenvalue weighted by atomic mass is 32.2. The maximum Gasteiger partial charge on any atom is 0.433 e. The van der Waals surface area contributed by atoms with E-state index in [0.717, 1.165) is 6.07 Å². The molecule has 0 aliphatic heterocycles. The number of nitro benzene ring substituents is 1. The number of halogens is 6. The summed E-state index contributed by atoms with van der Waals surface area (Å²) >= 11 is 0.434. The van der Waals surface area contributed by atoms with Crippen LogP contribution in [0.5, 0.6) is 0 Å². The minimum Gasteiger partial charge on any atom is -0.258 e. The fourth-order valence-corrected chi connectivity index (χ4v) is 3.74. The number of fused-ring (bicyclic) bond motifs is 1. The number of hydrogen-bond donors (Lipinski definition) is 0. The standard InChI is InChI=1S/C16H11F6N3O2S/c17-15(18,19)8-5-6-12(11(7-8)25(26)27)28-14-23-10-4-2-1-3-9(10)13(24-14)16(20,21)22/h5-7H,1-4H2. The van der Waals surface area contributed by atoms with Crippen LogP contribution in [-0.4, -0.2) is 14.9 Å². The Kier molecular flexibility index (Phi) is 5.26. The molecule has 0 fully saturated rings. The molecule has 1 aliphatic rings. The largest absolute Gasteiger partial charge is 0.433 e. The van der Waals surface area contributed by atoms with Gasteiger partial charge < -0.3 is 0 Å². The predicted octanol–water partition coefficient (Wildman–Crippen LogP) is 5.45. The highest BCUT2D eigenvalue weighted by Crippen LogP contribution is 2.40. The SMILES string of the molecule is O=[N+]([O-])c1cc(C(F)(F)F)ccc1Sc1nc2c(c(C(F)(F)F)n1)CCCC2. The van der Waals surface area contributed by atoms with Crippen molar-refractivity contribution in [1.82, 2.24) is 9.97 Å². The molecule has 0 radical (unpaired) electrons. The summed E-state index contributed by atoms with van der Waals surface area (Å²) in [7, 11) is 0. The van der Waals surface area contributed by atoms with Crippen LogP contribution in [0, 0.1) is 10.1 Å². The molecule has 0 N–H and O–H groups in total. The van der Waals surface area contributed by atoms with E-state index in [4.69, 9.17) is 0 Å². The van der Waals surface area contributed by atoms with Gasteiger partial charge in [0.1, 0.15) is 0 Å². The Hall–Kier alpha value is -2.37. The lowest BCUT2D eigenvalue weighted by molar-refractivity contribution is -0.388. The molecular weight excluding hydrogens is 412 g/mol. The third-order valence-corrected chi connectivity index (χ3v) is 5.05. The lowest BCUT2D eigenvalue weighted by Gasteiger charge is -2.20. The number of rotatable bonds is 3. The first-order chi connectivity index (χ1) is 13.0. The lowest BCUT2D eigenvalue weighted by Crippen LogP contribution is -2.19. The van der Waals surface area contributed by atoms with Crippen molar-refractivity contribution < 1.29 is 31.3 Å². The zero-order valence-electron chi connectivity index (χ0n) is 13.9. The first-order valence-corrected chi connectivity index (χ1v) is 8.79. The molecule has 1 heterocycles. The van der Waals surface area contributed by atoms with Gasteiger partial charge in [0.25, 0.3) is 5.69 Å². The van der Waals surface area contributed by atoms with Gasteiger partial charge in [0.15, 0.2) is 10.9 Å². The summed E-state index contributed by atoms with van der Waals surface area (Å²) in [6.45, 7) is 0. The highest BCUT2D eigenvalue weighted by molar-refractivity contribution is 7.99. The molecule has 1 aromatic heterocycles. The van der Waals surface area contributed by atoms with Crippen molar-refractivity contribution in [3.05, 3.63) is 50.8 Å². The van der Waals surface area contributed by atoms with E-state index in [1.165, 1.54) is 0 Å². The minimum atomic E-state index is -4.79. The summed E-state index contributed by atoms with van der Waals surface area (Å²) in [5, 5.41) is 10.8. The summed E-state index contributed by atoms with van der Waals surface area (Å²) in [6, 6.07) is 1.80. The number of aryl methyl sites for hydroxylation is 1. The number of alkyl halides is 6. The zero-order valence-corrected chi connectivity index (χ0v) is 14.7. The lowest BCUT2D eigenvalue weighted by atomic mass is 9.94. The molecule has 5 nitrogen and oxygen atoms in total. The van der Waals surface area contributed by atoms with Crippen LogP contribution in [-0.2, 0) is 25.2 Å². The Morgan fingerprint density at radius 2 is 1.68 bits per heavy atom. The van der Waals surface area contributed by atoms with Crippen LogP contribution in [0.25, 0.3) is 0 Å². The van der Waals surface area contributed by atoms with Crippen LogP contribution in [0.4, 0.5) is 32.0 Å². The first-order valence-electron chi connectivity index (χ1n) is 7.97. The van der Waals surface area contributed by atoms with Crippen LogP contribution >= 0.6 is 11.8 Å². The van der Waals surface area contributed by atoms with E-state index in [2.05, 4.69) is 9.97 Å². The van der Waals surface area contributed by atoms with Gasteiger partial charge in [-0.25, -0.2) is 9.97 Å². The van der Waals surface area contributed by atoms with Gasteiger partial charge in [-0.05, 0) is 49.6 Å². The molecular formula is C16H11F6N3O2S. The fourth-order valence-electron chi connectivity index (χ4n) is 2.87. The smallest absolute Gasteiger partial charge is 0.258 e. The summed E-state index contributed by atoms with van der Waals surface area (Å²) < 4.78 is 78.4. The Morgan fingerprint density at radius 1 is 1.00 bits per heavy atom. The molecule has 0 saturated heterocycles. The molecule has 1 aromatic carbocycles. The van der Waals surface area contributed by atoms with Gasteiger partial charge >= 0.3 is 12.4 Å². The van der Waals surface area contributed by atoms with Crippen LogP contribution < -0.4 is 0 Å². The second kappa shape index (κ2) is 7.22. The monoisotopic (exact) mass is 423 g/mol. The van der Waals surface area contributed by atoms with Crippen LogP contribution in [0.1, 0.15) is 35.4 Å². The minimum absolute atomic E-state index is 0.00465. The van der Waals surface area contributed by atoms with Crippen molar-refractivity contribution in [2.75, 3.05) is 0 Å². The number of hydrogen-bond acceptors (Lipinski definition) is 5. The zero-order chi connectivity index (χ0) is 20.7. The number of benzene rings is 1. The Balaban J connectivity index is 2.06. The molecule has 0 atom stereocenters. The number of nitro groups is 1. The number of nitrogens with zero attached hydrogens (tertiary/aromatic N) is 3. The quantitative estimate of drug-likeness (QED) is 0.284. The van der Waals surface area contributed by atoms with Gasteiger partial charge in [0, 0.05) is 17.3 Å². The molecule has 2 aromatic rings. The van der Waals surface area contributed by atoms with Gasteiger partial charge in [-0.2, -0.15) is 26.3 Å². The molecule has 3 rings (SSSR count). The second-order valence-electron chi connectivity index (χ2n) is 6.02. The summed E-state index contributed by atoms with van der Waals surface area (Å²) in [5.74, 6) is 0. The van der Waals surface area contributed by atoms with E-state index >= 15 is 0 Å². The fraction of sp³-hybridized carbons (Fsp3) is 0.375. The second-order valence-corrected chi connectivity index (χ2v) is 7.03. The van der Waals surface area contributed by atoms with E-state index in [9.17, 15) is 36.5 Å². The molecule has 28 heavy (non-hydrogen) atoms. The Morgan fingerprint density at radius 3 is 2.29 bits per heavy atom. The van der Waals surface area contributed by atoms with Crippen molar-refractivity contribution in [2.24, 2.45) is 0 Å². The molecule has 0 amide bonds. The van der Waals surface area contributed by atoms with E-state index in [-0.39, 0.29) is 22.6 Å². The van der Waals surface area contributed by atoms with Crippen molar-refractivity contribution in [2.45, 2.75) is 48.1 Å². The van der Waals surface area contributed by atoms with Gasteiger partial charge in [-0.1, -0.05) is 0 Å². The maximum absolute atomic E-state index is 13.4. The maximum atomic E-state index is 13.4. The molecule has 0 unspecified atom stereocenters. The summed E-state index contributed by atoms with van der Waals surface area (Å²) in [5.41, 5.74) is -2.99. The Labute approximate surface area is 158 Å². The average Bonchev–Trinajstić information content (AvgIpc) is 2.59. The highest BCUT2D eigenvalue weighted by Gasteiger charge is 2.38. The van der Waals surface area contributed by atoms with Crippen molar-refractivity contribution in [1.29, 1.82) is 0 Å². The first kappa shape index (κ1) is 20.4. The van der Waals surface area contributed by atoms with Gasteiger partial charge in [0.05, 0.1) is 15.4 Å². The molecule has 12 heteroatoms. The molecule has 150 valence electrons. The number of aromatic nitrogens is 2. The van der Waals surface area contributed by atoms with Crippen molar-refractivity contribution in [3.8, 4) is 0 Å². The van der Waals surface area contributed by atoms with Gasteiger partial charge in [-0.3, -0.25) is 10.1 Å². The third kappa shape index (κ3) is 4.21.